The SMILES string of the molecule is CCS.CSc1c(F)cc(C(=O)Cc2ccccc2)c(C)c1C. The third-order valence-corrected chi connectivity index (χ3v) is 4.42. The molecular weight excluding hydrogens is 327 g/mol. The Hall–Kier alpha value is -1.26. The fraction of sp³-hybridized carbons (Fsp3) is 0.316. The number of halogens is 1. The first-order chi connectivity index (χ1) is 11.0. The summed E-state index contributed by atoms with van der Waals surface area (Å²) in [4.78, 5) is 13.0. The lowest BCUT2D eigenvalue weighted by molar-refractivity contribution is 0.0991. The highest BCUT2D eigenvalue weighted by atomic mass is 32.2. The third-order valence-electron chi connectivity index (χ3n) is 3.51. The molecule has 0 aliphatic carbocycles. The quantitative estimate of drug-likeness (QED) is 0.444. The normalized spacial score (nSPS) is 10.0. The Balaban J connectivity index is 0.000000816. The van der Waals surface area contributed by atoms with E-state index in [1.807, 2.05) is 57.4 Å². The van der Waals surface area contributed by atoms with Gasteiger partial charge in [0.05, 0.1) is 0 Å². The zero-order valence-electron chi connectivity index (χ0n) is 14.0. The van der Waals surface area contributed by atoms with E-state index in [1.165, 1.54) is 17.8 Å². The molecule has 23 heavy (non-hydrogen) atoms. The summed E-state index contributed by atoms with van der Waals surface area (Å²) in [6, 6.07) is 10.9. The van der Waals surface area contributed by atoms with Gasteiger partial charge in [-0.3, -0.25) is 4.79 Å². The largest absolute Gasteiger partial charge is 0.294 e. The number of thioether (sulfide) groups is 1. The molecule has 0 unspecified atom stereocenters. The number of hydrogen-bond donors (Lipinski definition) is 1. The summed E-state index contributed by atoms with van der Waals surface area (Å²) in [5, 5.41) is 0. The van der Waals surface area contributed by atoms with Crippen molar-refractivity contribution in [3.63, 3.8) is 0 Å². The minimum Gasteiger partial charge on any atom is -0.294 e. The van der Waals surface area contributed by atoms with Crippen LogP contribution < -0.4 is 0 Å². The molecule has 0 saturated heterocycles. The van der Waals surface area contributed by atoms with Crippen molar-refractivity contribution in [3.8, 4) is 0 Å². The molecule has 0 N–H and O–H groups in total. The first-order valence-electron chi connectivity index (χ1n) is 7.47. The number of carbonyl (C=O) groups excluding carboxylic acids is 1. The predicted octanol–water partition coefficient (Wildman–Crippen LogP) is 5.53. The molecule has 0 bridgehead atoms. The topological polar surface area (TPSA) is 17.1 Å². The van der Waals surface area contributed by atoms with Crippen molar-refractivity contribution in [1.82, 2.24) is 0 Å². The van der Waals surface area contributed by atoms with Gasteiger partial charge in [0.2, 0.25) is 0 Å². The van der Waals surface area contributed by atoms with E-state index in [0.29, 0.717) is 16.9 Å². The van der Waals surface area contributed by atoms with Crippen LogP contribution in [-0.2, 0) is 6.42 Å². The number of thiol groups is 1. The Kier molecular flexibility index (Phi) is 8.42. The summed E-state index contributed by atoms with van der Waals surface area (Å²) in [7, 11) is 0. The van der Waals surface area contributed by atoms with Crippen molar-refractivity contribution in [2.45, 2.75) is 32.1 Å². The Morgan fingerprint density at radius 2 is 1.74 bits per heavy atom. The van der Waals surface area contributed by atoms with E-state index < -0.39 is 0 Å². The number of hydrogen-bond acceptors (Lipinski definition) is 3. The lowest BCUT2D eigenvalue weighted by Crippen LogP contribution is -2.08. The molecule has 2 rings (SSSR count). The van der Waals surface area contributed by atoms with Crippen LogP contribution in [0.5, 0.6) is 0 Å². The van der Waals surface area contributed by atoms with E-state index in [0.717, 1.165) is 22.4 Å². The van der Waals surface area contributed by atoms with Gasteiger partial charge in [0.25, 0.3) is 0 Å². The number of Topliss-reactive ketones (excluding diaryl/α,β-unsaturated/α-hetero) is 1. The highest BCUT2D eigenvalue weighted by Gasteiger charge is 2.17. The maximum atomic E-state index is 14.0. The van der Waals surface area contributed by atoms with Crippen molar-refractivity contribution in [2.75, 3.05) is 12.0 Å². The van der Waals surface area contributed by atoms with Crippen molar-refractivity contribution in [2.24, 2.45) is 0 Å². The van der Waals surface area contributed by atoms with Crippen LogP contribution in [0.4, 0.5) is 4.39 Å². The Morgan fingerprint density at radius 1 is 1.17 bits per heavy atom. The summed E-state index contributed by atoms with van der Waals surface area (Å²) in [6.07, 6.45) is 2.15. The molecule has 0 amide bonds. The van der Waals surface area contributed by atoms with Crippen LogP contribution in [-0.4, -0.2) is 17.8 Å². The Morgan fingerprint density at radius 3 is 2.26 bits per heavy atom. The number of rotatable bonds is 4. The summed E-state index contributed by atoms with van der Waals surface area (Å²) in [5.74, 6) is 0.598. The average molecular weight is 351 g/mol. The first kappa shape index (κ1) is 19.8. The second-order valence-electron chi connectivity index (χ2n) is 5.09. The predicted molar refractivity (Wildman–Crippen MR) is 102 cm³/mol. The Bertz CT molecular complexity index is 654. The van der Waals surface area contributed by atoms with Gasteiger partial charge in [0, 0.05) is 16.9 Å². The molecule has 0 saturated carbocycles. The van der Waals surface area contributed by atoms with E-state index in [9.17, 15) is 9.18 Å². The van der Waals surface area contributed by atoms with E-state index in [2.05, 4.69) is 12.6 Å². The molecule has 0 aromatic heterocycles. The van der Waals surface area contributed by atoms with E-state index >= 15 is 0 Å². The van der Waals surface area contributed by atoms with Crippen molar-refractivity contribution in [1.29, 1.82) is 0 Å². The van der Waals surface area contributed by atoms with Crippen LogP contribution in [0.25, 0.3) is 0 Å². The highest BCUT2D eigenvalue weighted by Crippen LogP contribution is 2.29. The lowest BCUT2D eigenvalue weighted by Gasteiger charge is -2.12. The molecule has 0 heterocycles. The van der Waals surface area contributed by atoms with E-state index in [1.54, 1.807) is 0 Å². The number of carbonyl (C=O) groups is 1. The molecule has 0 atom stereocenters. The number of benzene rings is 2. The Labute approximate surface area is 148 Å². The van der Waals surface area contributed by atoms with Gasteiger partial charge in [-0.05, 0) is 48.6 Å². The third kappa shape index (κ3) is 5.40. The molecule has 0 aliphatic heterocycles. The molecule has 0 spiro atoms. The van der Waals surface area contributed by atoms with Crippen molar-refractivity contribution < 1.29 is 9.18 Å². The standard InChI is InChI=1S/C17H17FOS.C2H6S/c1-11-12(2)17(20-3)15(18)10-14(11)16(19)9-13-7-5-4-6-8-13;1-2-3/h4-8,10H,9H2,1-3H3;3H,2H2,1H3. The van der Waals surface area contributed by atoms with Gasteiger partial charge in [0.1, 0.15) is 5.82 Å². The summed E-state index contributed by atoms with van der Waals surface area (Å²) in [5.41, 5.74) is 3.16. The molecule has 0 fully saturated rings. The second kappa shape index (κ2) is 9.78. The van der Waals surface area contributed by atoms with Gasteiger partial charge >= 0.3 is 0 Å². The molecule has 124 valence electrons. The van der Waals surface area contributed by atoms with Crippen molar-refractivity contribution in [3.05, 3.63) is 64.5 Å². The van der Waals surface area contributed by atoms with Gasteiger partial charge < -0.3 is 0 Å². The molecule has 1 nitrogen and oxygen atoms in total. The van der Waals surface area contributed by atoms with Crippen LogP contribution in [0.3, 0.4) is 0 Å². The summed E-state index contributed by atoms with van der Waals surface area (Å²) >= 11 is 5.16. The first-order valence-corrected chi connectivity index (χ1v) is 9.33. The summed E-state index contributed by atoms with van der Waals surface area (Å²) < 4.78 is 14.0. The minimum atomic E-state index is -0.308. The van der Waals surface area contributed by atoms with Gasteiger partial charge in [0.15, 0.2) is 5.78 Å². The van der Waals surface area contributed by atoms with E-state index in [-0.39, 0.29) is 11.6 Å². The van der Waals surface area contributed by atoms with Crippen LogP contribution in [0.15, 0.2) is 41.3 Å². The molecule has 2 aromatic carbocycles. The van der Waals surface area contributed by atoms with Gasteiger partial charge in [-0.15, -0.1) is 11.8 Å². The van der Waals surface area contributed by atoms with Crippen LogP contribution in [0.2, 0.25) is 0 Å². The van der Waals surface area contributed by atoms with Crippen LogP contribution in [0, 0.1) is 19.7 Å². The van der Waals surface area contributed by atoms with Crippen LogP contribution in [0.1, 0.15) is 34.0 Å². The minimum absolute atomic E-state index is 0.0386. The second-order valence-corrected chi connectivity index (χ2v) is 6.54. The maximum Gasteiger partial charge on any atom is 0.167 e. The molecular formula is C19H23FOS2. The number of ketones is 1. The molecule has 4 heteroatoms. The smallest absolute Gasteiger partial charge is 0.167 e. The average Bonchev–Trinajstić information content (AvgIpc) is 2.53. The van der Waals surface area contributed by atoms with Gasteiger partial charge in [-0.2, -0.15) is 12.6 Å². The maximum absolute atomic E-state index is 14.0. The zero-order valence-corrected chi connectivity index (χ0v) is 15.7. The molecule has 0 radical (unpaired) electrons. The molecule has 0 aliphatic rings. The lowest BCUT2D eigenvalue weighted by atomic mass is 9.96. The van der Waals surface area contributed by atoms with Gasteiger partial charge in [-0.25, -0.2) is 4.39 Å². The monoisotopic (exact) mass is 350 g/mol. The fourth-order valence-corrected chi connectivity index (χ4v) is 2.98. The summed E-state index contributed by atoms with van der Waals surface area (Å²) in [6.45, 7) is 5.74. The highest BCUT2D eigenvalue weighted by molar-refractivity contribution is 7.98. The van der Waals surface area contributed by atoms with Crippen molar-refractivity contribution >= 4 is 30.2 Å². The van der Waals surface area contributed by atoms with Crippen LogP contribution >= 0.6 is 24.4 Å². The fourth-order valence-electron chi connectivity index (χ4n) is 2.27. The molecule has 2 aromatic rings. The van der Waals surface area contributed by atoms with E-state index in [4.69, 9.17) is 0 Å². The zero-order chi connectivity index (χ0) is 17.4. The van der Waals surface area contributed by atoms with Gasteiger partial charge in [-0.1, -0.05) is 37.3 Å².